The number of nitrogens with zero attached hydrogens (tertiary/aromatic N) is 1. The highest BCUT2D eigenvalue weighted by Gasteiger charge is 2.04. The number of guanidine groups is 1. The van der Waals surface area contributed by atoms with E-state index in [0.717, 1.165) is 37.0 Å². The van der Waals surface area contributed by atoms with Gasteiger partial charge in [-0.25, -0.2) is 4.99 Å². The van der Waals surface area contributed by atoms with Gasteiger partial charge in [-0.2, -0.15) is 0 Å². The molecule has 0 aliphatic rings. The van der Waals surface area contributed by atoms with Crippen molar-refractivity contribution >= 4 is 29.9 Å². The number of hydrogen-bond donors (Lipinski definition) is 2. The first-order chi connectivity index (χ1) is 13.3. The quantitative estimate of drug-likeness (QED) is 0.222. The van der Waals surface area contributed by atoms with E-state index in [2.05, 4.69) is 15.6 Å². The largest absolute Gasteiger partial charge is 0.493 e. The van der Waals surface area contributed by atoms with Crippen LogP contribution in [0.25, 0.3) is 0 Å². The molecule has 2 N–H and O–H groups in total. The van der Waals surface area contributed by atoms with Gasteiger partial charge in [0.25, 0.3) is 0 Å². The Hall–Kier alpha value is -2.00. The van der Waals surface area contributed by atoms with Crippen LogP contribution in [-0.2, 0) is 11.3 Å². The molecule has 0 bridgehead atoms. The Morgan fingerprint density at radius 1 is 0.964 bits per heavy atom. The molecule has 0 spiro atoms. The van der Waals surface area contributed by atoms with E-state index in [1.807, 2.05) is 62.4 Å². The van der Waals surface area contributed by atoms with Crippen molar-refractivity contribution < 1.29 is 14.2 Å². The highest BCUT2D eigenvalue weighted by Crippen LogP contribution is 2.30. The van der Waals surface area contributed by atoms with E-state index in [0.29, 0.717) is 24.7 Å². The summed E-state index contributed by atoms with van der Waals surface area (Å²) >= 11 is 0. The predicted molar refractivity (Wildman–Crippen MR) is 124 cm³/mol. The molecular formula is C21H30IN3O3. The Morgan fingerprint density at radius 2 is 1.68 bits per heavy atom. The van der Waals surface area contributed by atoms with Crippen LogP contribution < -0.4 is 20.1 Å². The average Bonchev–Trinajstić information content (AvgIpc) is 2.71. The molecular weight excluding hydrogens is 469 g/mol. The Kier molecular flexibility index (Phi) is 12.1. The van der Waals surface area contributed by atoms with Crippen LogP contribution in [0.4, 0.5) is 0 Å². The third-order valence-corrected chi connectivity index (χ3v) is 3.73. The second-order valence-electron chi connectivity index (χ2n) is 5.72. The summed E-state index contributed by atoms with van der Waals surface area (Å²) in [6.45, 7) is 7.54. The van der Waals surface area contributed by atoms with Gasteiger partial charge in [0.2, 0.25) is 0 Å². The van der Waals surface area contributed by atoms with Crippen LogP contribution in [0, 0.1) is 0 Å². The molecule has 0 amide bonds. The fourth-order valence-corrected chi connectivity index (χ4v) is 2.39. The summed E-state index contributed by atoms with van der Waals surface area (Å²) in [5, 5.41) is 6.49. The van der Waals surface area contributed by atoms with Gasteiger partial charge in [0.1, 0.15) is 5.75 Å². The Bertz CT molecular complexity index is 708. The lowest BCUT2D eigenvalue weighted by Gasteiger charge is -2.12. The number of rotatable bonds is 10. The van der Waals surface area contributed by atoms with Gasteiger partial charge >= 0.3 is 0 Å². The summed E-state index contributed by atoms with van der Waals surface area (Å²) in [5.74, 6) is 2.94. The molecule has 0 fully saturated rings. The zero-order chi connectivity index (χ0) is 19.3. The number of para-hydroxylation sites is 2. The van der Waals surface area contributed by atoms with Gasteiger partial charge in [-0.05, 0) is 43.7 Å². The number of nitrogens with one attached hydrogen (secondary N) is 2. The van der Waals surface area contributed by atoms with E-state index in [9.17, 15) is 0 Å². The molecule has 0 aliphatic heterocycles. The smallest absolute Gasteiger partial charge is 0.191 e. The maximum absolute atomic E-state index is 5.90. The van der Waals surface area contributed by atoms with Gasteiger partial charge in [0.05, 0.1) is 20.3 Å². The zero-order valence-electron chi connectivity index (χ0n) is 16.7. The van der Waals surface area contributed by atoms with Crippen molar-refractivity contribution in [3.05, 3.63) is 54.1 Å². The fraction of sp³-hybridized carbons (Fsp3) is 0.381. The first-order valence-corrected chi connectivity index (χ1v) is 9.26. The molecule has 154 valence electrons. The number of halogens is 1. The number of ether oxygens (including phenoxy) is 3. The summed E-state index contributed by atoms with van der Waals surface area (Å²) in [6.07, 6.45) is 0. The molecule has 2 aromatic carbocycles. The van der Waals surface area contributed by atoms with Gasteiger partial charge < -0.3 is 24.8 Å². The molecule has 0 atom stereocenters. The Labute approximate surface area is 184 Å². The lowest BCUT2D eigenvalue weighted by Crippen LogP contribution is -2.39. The summed E-state index contributed by atoms with van der Waals surface area (Å²) in [6, 6.07) is 15.5. The summed E-state index contributed by atoms with van der Waals surface area (Å²) < 4.78 is 16.5. The molecule has 0 saturated heterocycles. The second kappa shape index (κ2) is 14.1. The van der Waals surface area contributed by atoms with Crippen molar-refractivity contribution in [2.45, 2.75) is 20.4 Å². The molecule has 0 radical (unpaired) electrons. The molecule has 0 unspecified atom stereocenters. The van der Waals surface area contributed by atoms with Crippen molar-refractivity contribution in [3.63, 3.8) is 0 Å². The van der Waals surface area contributed by atoms with Gasteiger partial charge in [0, 0.05) is 19.7 Å². The van der Waals surface area contributed by atoms with Gasteiger partial charge in [0.15, 0.2) is 17.5 Å². The topological polar surface area (TPSA) is 64.1 Å². The minimum absolute atomic E-state index is 0. The van der Waals surface area contributed by atoms with Crippen LogP contribution in [0.2, 0.25) is 0 Å². The molecule has 0 aliphatic carbocycles. The van der Waals surface area contributed by atoms with E-state index in [1.165, 1.54) is 0 Å². The first-order valence-electron chi connectivity index (χ1n) is 9.26. The summed E-state index contributed by atoms with van der Waals surface area (Å²) in [5.41, 5.74) is 1.10. The molecule has 0 aromatic heterocycles. The van der Waals surface area contributed by atoms with E-state index in [1.54, 1.807) is 7.11 Å². The number of benzene rings is 2. The van der Waals surface area contributed by atoms with Crippen molar-refractivity contribution in [2.24, 2.45) is 4.99 Å². The first kappa shape index (κ1) is 24.0. The number of methoxy groups -OCH3 is 1. The lowest BCUT2D eigenvalue weighted by molar-refractivity contribution is 0.152. The lowest BCUT2D eigenvalue weighted by atomic mass is 10.2. The summed E-state index contributed by atoms with van der Waals surface area (Å²) in [7, 11) is 1.63. The number of aliphatic imine (C=N–C) groups is 1. The van der Waals surface area contributed by atoms with Crippen LogP contribution in [0.3, 0.4) is 0 Å². The molecule has 2 rings (SSSR count). The maximum Gasteiger partial charge on any atom is 0.191 e. The van der Waals surface area contributed by atoms with Gasteiger partial charge in [-0.3, -0.25) is 0 Å². The van der Waals surface area contributed by atoms with Crippen LogP contribution in [0.1, 0.15) is 19.4 Å². The zero-order valence-corrected chi connectivity index (χ0v) is 19.1. The van der Waals surface area contributed by atoms with E-state index in [-0.39, 0.29) is 24.0 Å². The second-order valence-corrected chi connectivity index (χ2v) is 5.72. The van der Waals surface area contributed by atoms with Crippen molar-refractivity contribution in [1.82, 2.24) is 10.6 Å². The van der Waals surface area contributed by atoms with Gasteiger partial charge in [-0.1, -0.05) is 24.3 Å². The van der Waals surface area contributed by atoms with Crippen LogP contribution in [0.5, 0.6) is 17.2 Å². The maximum atomic E-state index is 5.90. The van der Waals surface area contributed by atoms with Crippen molar-refractivity contribution in [1.29, 1.82) is 0 Å². The van der Waals surface area contributed by atoms with Crippen LogP contribution >= 0.6 is 24.0 Å². The Morgan fingerprint density at radius 3 is 2.32 bits per heavy atom. The van der Waals surface area contributed by atoms with E-state index >= 15 is 0 Å². The third kappa shape index (κ3) is 8.35. The van der Waals surface area contributed by atoms with Crippen molar-refractivity contribution in [2.75, 3.05) is 33.4 Å². The normalized spacial score (nSPS) is 10.8. The van der Waals surface area contributed by atoms with Crippen LogP contribution in [-0.4, -0.2) is 39.4 Å². The minimum Gasteiger partial charge on any atom is -0.493 e. The molecule has 7 heteroatoms. The standard InChI is InChI=1S/C21H29N3O3.HI/c1-4-22-21(23-14-15-26-5-2)24-16-17-10-12-18(13-11-17)27-20-9-7-6-8-19(20)25-3;/h6-13H,4-5,14-16H2,1-3H3,(H2,22,23,24);1H. The SMILES string of the molecule is CCNC(=NCc1ccc(Oc2ccccc2OC)cc1)NCCOCC.I. The molecule has 0 saturated carbocycles. The number of hydrogen-bond acceptors (Lipinski definition) is 4. The molecule has 6 nitrogen and oxygen atoms in total. The highest BCUT2D eigenvalue weighted by atomic mass is 127. The van der Waals surface area contributed by atoms with E-state index < -0.39 is 0 Å². The average molecular weight is 499 g/mol. The van der Waals surface area contributed by atoms with Gasteiger partial charge in [-0.15, -0.1) is 24.0 Å². The predicted octanol–water partition coefficient (Wildman–Crippen LogP) is 4.20. The molecule has 2 aromatic rings. The molecule has 0 heterocycles. The Balaban J connectivity index is 0.00000392. The fourth-order valence-electron chi connectivity index (χ4n) is 2.39. The van der Waals surface area contributed by atoms with Crippen LogP contribution in [0.15, 0.2) is 53.5 Å². The van der Waals surface area contributed by atoms with E-state index in [4.69, 9.17) is 14.2 Å². The third-order valence-electron chi connectivity index (χ3n) is 3.73. The van der Waals surface area contributed by atoms with Crippen molar-refractivity contribution in [3.8, 4) is 17.2 Å². The molecule has 28 heavy (non-hydrogen) atoms. The monoisotopic (exact) mass is 499 g/mol. The minimum atomic E-state index is 0. The highest BCUT2D eigenvalue weighted by molar-refractivity contribution is 14.0. The summed E-state index contributed by atoms with van der Waals surface area (Å²) in [4.78, 5) is 4.60.